The number of rotatable bonds is 6. The summed E-state index contributed by atoms with van der Waals surface area (Å²) in [5.74, 6) is 2.19. The van der Waals surface area contributed by atoms with Gasteiger partial charge in [0.1, 0.15) is 12.4 Å². The summed E-state index contributed by atoms with van der Waals surface area (Å²) < 4.78 is 11.5. The molecular formula is C26H34NO2P. The molecule has 0 unspecified atom stereocenters. The summed E-state index contributed by atoms with van der Waals surface area (Å²) in [6.45, 7) is 16.1. The monoisotopic (exact) mass is 423 g/mol. The molecular weight excluding hydrogens is 389 g/mol. The maximum Gasteiger partial charge on any atom is 0.194 e. The van der Waals surface area contributed by atoms with Crippen LogP contribution in [0.25, 0.3) is 0 Å². The Labute approximate surface area is 183 Å². The summed E-state index contributed by atoms with van der Waals surface area (Å²) in [4.78, 5) is 4.98. The number of hydrogen-bond donors (Lipinski definition) is 0. The average molecular weight is 424 g/mol. The third-order valence-corrected chi connectivity index (χ3v) is 7.76. The molecule has 0 saturated carbocycles. The minimum atomic E-state index is -0.316. The molecule has 0 aliphatic carbocycles. The van der Waals surface area contributed by atoms with Crippen molar-refractivity contribution in [2.24, 2.45) is 16.3 Å². The van der Waals surface area contributed by atoms with E-state index in [2.05, 4.69) is 72.7 Å². The predicted octanol–water partition coefficient (Wildman–Crippen LogP) is 5.89. The number of aliphatic imine (C=N–C) groups is 1. The van der Waals surface area contributed by atoms with E-state index in [1.165, 1.54) is 41.1 Å². The van der Waals surface area contributed by atoms with Gasteiger partial charge < -0.3 is 9.47 Å². The molecule has 3 rings (SSSR count). The van der Waals surface area contributed by atoms with E-state index in [-0.39, 0.29) is 11.5 Å². The summed E-state index contributed by atoms with van der Waals surface area (Å²) in [6, 6.07) is 13.1. The fourth-order valence-corrected chi connectivity index (χ4v) is 5.31. The lowest BCUT2D eigenvalue weighted by Gasteiger charge is -2.28. The van der Waals surface area contributed by atoms with Crippen molar-refractivity contribution in [3.05, 3.63) is 58.7 Å². The van der Waals surface area contributed by atoms with Crippen LogP contribution in [-0.2, 0) is 4.74 Å². The summed E-state index contributed by atoms with van der Waals surface area (Å²) in [5.41, 5.74) is 4.83. The average Bonchev–Trinajstić information content (AvgIpc) is 3.19. The molecule has 0 fully saturated rings. The van der Waals surface area contributed by atoms with E-state index in [4.69, 9.17) is 14.5 Å². The minimum absolute atomic E-state index is 0.232. The fraction of sp³-hybridized carbons (Fsp3) is 0.462. The van der Waals surface area contributed by atoms with Crippen molar-refractivity contribution in [2.45, 2.75) is 54.5 Å². The maximum absolute atomic E-state index is 6.16. The Morgan fingerprint density at radius 3 is 2.20 bits per heavy atom. The van der Waals surface area contributed by atoms with Crippen LogP contribution in [0.3, 0.4) is 0 Å². The van der Waals surface area contributed by atoms with Crippen LogP contribution in [0.2, 0.25) is 0 Å². The van der Waals surface area contributed by atoms with Crippen molar-refractivity contribution in [1.29, 1.82) is 0 Å². The standard InChI is InChI=1S/C26H34NO2P/c1-16(2)22-15-29-25(27-22)26(6,7)24(20-9-11-21(28-8)12-10-20)30-23-18(4)13-17(3)14-19(23)5/h9-14,16,22H,15H2,1-8H3/t22-/m1/s1. The molecule has 4 heteroatoms. The molecule has 2 aromatic rings. The number of nitrogens with zero attached hydrogens (tertiary/aromatic N) is 1. The lowest BCUT2D eigenvalue weighted by Crippen LogP contribution is -2.34. The summed E-state index contributed by atoms with van der Waals surface area (Å²) >= 11 is 0. The molecule has 0 saturated heterocycles. The Morgan fingerprint density at radius 2 is 1.70 bits per heavy atom. The second-order valence-electron chi connectivity index (χ2n) is 9.12. The second-order valence-corrected chi connectivity index (χ2v) is 10.2. The van der Waals surface area contributed by atoms with Crippen molar-refractivity contribution >= 4 is 24.7 Å². The highest BCUT2D eigenvalue weighted by molar-refractivity contribution is 7.50. The normalized spacial score (nSPS) is 17.2. The molecule has 1 heterocycles. The van der Waals surface area contributed by atoms with Crippen LogP contribution >= 0.6 is 8.20 Å². The highest BCUT2D eigenvalue weighted by Gasteiger charge is 2.37. The van der Waals surface area contributed by atoms with E-state index in [0.29, 0.717) is 12.5 Å². The van der Waals surface area contributed by atoms with Gasteiger partial charge >= 0.3 is 0 Å². The number of ether oxygens (including phenoxy) is 2. The van der Waals surface area contributed by atoms with Gasteiger partial charge in [-0.05, 0) is 69.4 Å². The van der Waals surface area contributed by atoms with Gasteiger partial charge in [-0.2, -0.15) is 0 Å². The first kappa shape index (κ1) is 22.6. The van der Waals surface area contributed by atoms with Gasteiger partial charge in [0, 0.05) is 10.6 Å². The Balaban J connectivity index is 2.16. The topological polar surface area (TPSA) is 30.8 Å². The quantitative estimate of drug-likeness (QED) is 0.542. The smallest absolute Gasteiger partial charge is 0.194 e. The lowest BCUT2D eigenvalue weighted by molar-refractivity contribution is 0.274. The van der Waals surface area contributed by atoms with Gasteiger partial charge in [0.25, 0.3) is 0 Å². The van der Waals surface area contributed by atoms with Gasteiger partial charge in [-0.1, -0.05) is 51.9 Å². The number of benzene rings is 2. The minimum Gasteiger partial charge on any atom is -0.497 e. The molecule has 0 radical (unpaired) electrons. The summed E-state index contributed by atoms with van der Waals surface area (Å²) in [5, 5.41) is 2.65. The van der Waals surface area contributed by atoms with E-state index in [0.717, 1.165) is 11.6 Å². The SMILES string of the molecule is COc1ccc(C(=Pc2c(C)cc(C)cc2C)C(C)(C)C2=N[C@@H](C(C)C)CO2)cc1. The highest BCUT2D eigenvalue weighted by atomic mass is 31.1. The summed E-state index contributed by atoms with van der Waals surface area (Å²) in [6.07, 6.45) is 0. The zero-order valence-electron chi connectivity index (χ0n) is 19.5. The van der Waals surface area contributed by atoms with Crippen molar-refractivity contribution in [2.75, 3.05) is 13.7 Å². The maximum atomic E-state index is 6.16. The van der Waals surface area contributed by atoms with E-state index < -0.39 is 0 Å². The molecule has 0 spiro atoms. The number of hydrogen-bond acceptors (Lipinski definition) is 3. The summed E-state index contributed by atoms with van der Waals surface area (Å²) in [7, 11) is 2.89. The van der Waals surface area contributed by atoms with Crippen LogP contribution in [0.15, 0.2) is 41.4 Å². The first-order chi connectivity index (χ1) is 14.1. The van der Waals surface area contributed by atoms with Crippen LogP contribution in [-0.4, -0.2) is 30.9 Å². The zero-order valence-corrected chi connectivity index (χ0v) is 20.4. The van der Waals surface area contributed by atoms with Crippen molar-refractivity contribution in [3.8, 4) is 5.75 Å². The molecule has 0 bridgehead atoms. The van der Waals surface area contributed by atoms with Crippen molar-refractivity contribution in [1.82, 2.24) is 0 Å². The Morgan fingerprint density at radius 1 is 1.10 bits per heavy atom. The van der Waals surface area contributed by atoms with E-state index in [9.17, 15) is 0 Å². The van der Waals surface area contributed by atoms with E-state index in [1.807, 2.05) is 12.1 Å². The lowest BCUT2D eigenvalue weighted by atomic mass is 9.85. The third-order valence-electron chi connectivity index (χ3n) is 5.79. The van der Waals surface area contributed by atoms with Crippen LogP contribution in [0, 0.1) is 32.1 Å². The van der Waals surface area contributed by atoms with Crippen LogP contribution in [0.5, 0.6) is 5.75 Å². The Kier molecular flexibility index (Phi) is 6.72. The third kappa shape index (κ3) is 4.62. The molecule has 0 N–H and O–H groups in total. The van der Waals surface area contributed by atoms with Gasteiger partial charge in [-0.15, -0.1) is 0 Å². The highest BCUT2D eigenvalue weighted by Crippen LogP contribution is 2.34. The van der Waals surface area contributed by atoms with Crippen LogP contribution in [0.4, 0.5) is 0 Å². The Bertz CT molecular complexity index is 948. The van der Waals surface area contributed by atoms with Gasteiger partial charge in [-0.25, -0.2) is 4.99 Å². The van der Waals surface area contributed by atoms with Gasteiger partial charge in [-0.3, -0.25) is 0 Å². The van der Waals surface area contributed by atoms with E-state index in [1.54, 1.807) is 7.11 Å². The van der Waals surface area contributed by atoms with Gasteiger partial charge in [0.15, 0.2) is 5.90 Å². The second kappa shape index (κ2) is 8.94. The van der Waals surface area contributed by atoms with Crippen molar-refractivity contribution in [3.63, 3.8) is 0 Å². The van der Waals surface area contributed by atoms with E-state index >= 15 is 0 Å². The van der Waals surface area contributed by atoms with Crippen LogP contribution in [0.1, 0.15) is 49.9 Å². The fourth-order valence-electron chi connectivity index (χ4n) is 3.95. The molecule has 160 valence electrons. The number of aryl methyl sites for hydroxylation is 3. The predicted molar refractivity (Wildman–Crippen MR) is 130 cm³/mol. The molecule has 1 atom stereocenters. The zero-order chi connectivity index (χ0) is 22.1. The van der Waals surface area contributed by atoms with Crippen molar-refractivity contribution < 1.29 is 9.47 Å². The first-order valence-electron chi connectivity index (χ1n) is 10.7. The van der Waals surface area contributed by atoms with Gasteiger partial charge in [0.2, 0.25) is 0 Å². The molecule has 0 aromatic heterocycles. The largest absolute Gasteiger partial charge is 0.497 e. The molecule has 1 aliphatic heterocycles. The van der Waals surface area contributed by atoms with Crippen LogP contribution < -0.4 is 10.0 Å². The Hall–Kier alpha value is -2.12. The molecule has 0 amide bonds. The molecule has 30 heavy (non-hydrogen) atoms. The molecule has 3 nitrogen and oxygen atoms in total. The molecule has 1 aliphatic rings. The van der Waals surface area contributed by atoms with Gasteiger partial charge in [0.05, 0.1) is 18.6 Å². The number of methoxy groups -OCH3 is 1. The first-order valence-corrected chi connectivity index (χ1v) is 11.6. The molecule has 2 aromatic carbocycles.